The molecule has 0 radical (unpaired) electrons. The lowest BCUT2D eigenvalue weighted by molar-refractivity contribution is -0.121. The fraction of sp³-hybridized carbons (Fsp3) is 0.125. The SMILES string of the molecule is O=C(CCc1ccccc1)N/N=C/c1ccccc1. The molecular formula is C16H16N2O. The number of carbonyl (C=O) groups is 1. The molecule has 1 N–H and O–H groups in total. The van der Waals surface area contributed by atoms with Crippen molar-refractivity contribution in [3.63, 3.8) is 0 Å². The molecule has 0 bridgehead atoms. The van der Waals surface area contributed by atoms with Crippen LogP contribution in [0.1, 0.15) is 17.5 Å². The predicted octanol–water partition coefficient (Wildman–Crippen LogP) is 2.77. The summed E-state index contributed by atoms with van der Waals surface area (Å²) < 4.78 is 0. The second kappa shape index (κ2) is 7.11. The van der Waals surface area contributed by atoms with Gasteiger partial charge in [-0.25, -0.2) is 5.43 Å². The van der Waals surface area contributed by atoms with Gasteiger partial charge in [0.2, 0.25) is 5.91 Å². The Labute approximate surface area is 113 Å². The van der Waals surface area contributed by atoms with Gasteiger partial charge in [-0.3, -0.25) is 4.79 Å². The minimum absolute atomic E-state index is 0.0731. The molecule has 0 aromatic heterocycles. The molecule has 0 saturated heterocycles. The average Bonchev–Trinajstić information content (AvgIpc) is 2.47. The summed E-state index contributed by atoms with van der Waals surface area (Å²) in [6, 6.07) is 19.6. The van der Waals surface area contributed by atoms with E-state index < -0.39 is 0 Å². The van der Waals surface area contributed by atoms with E-state index in [-0.39, 0.29) is 5.91 Å². The van der Waals surface area contributed by atoms with Crippen molar-refractivity contribution in [2.75, 3.05) is 0 Å². The lowest BCUT2D eigenvalue weighted by atomic mass is 10.1. The molecule has 0 aliphatic heterocycles. The minimum atomic E-state index is -0.0731. The molecule has 0 unspecified atom stereocenters. The third-order valence-corrected chi connectivity index (χ3v) is 2.69. The summed E-state index contributed by atoms with van der Waals surface area (Å²) in [5.74, 6) is -0.0731. The van der Waals surface area contributed by atoms with E-state index in [1.54, 1.807) is 6.21 Å². The van der Waals surface area contributed by atoms with Gasteiger partial charge in [0.15, 0.2) is 0 Å². The fourth-order valence-corrected chi connectivity index (χ4v) is 1.68. The molecule has 0 spiro atoms. The number of amides is 1. The second-order valence-electron chi connectivity index (χ2n) is 4.19. The molecule has 2 rings (SSSR count). The third kappa shape index (κ3) is 4.76. The summed E-state index contributed by atoms with van der Waals surface area (Å²) >= 11 is 0. The summed E-state index contributed by atoms with van der Waals surface area (Å²) in [7, 11) is 0. The number of nitrogens with one attached hydrogen (secondary N) is 1. The Balaban J connectivity index is 1.75. The minimum Gasteiger partial charge on any atom is -0.273 e. The van der Waals surface area contributed by atoms with Gasteiger partial charge in [-0.15, -0.1) is 0 Å². The van der Waals surface area contributed by atoms with Gasteiger partial charge in [0, 0.05) is 6.42 Å². The smallest absolute Gasteiger partial charge is 0.240 e. The second-order valence-corrected chi connectivity index (χ2v) is 4.19. The number of rotatable bonds is 5. The predicted molar refractivity (Wildman–Crippen MR) is 76.9 cm³/mol. The summed E-state index contributed by atoms with van der Waals surface area (Å²) in [6.07, 6.45) is 2.81. The quantitative estimate of drug-likeness (QED) is 0.645. The normalized spacial score (nSPS) is 10.5. The molecule has 2 aromatic rings. The highest BCUT2D eigenvalue weighted by molar-refractivity contribution is 5.82. The van der Waals surface area contributed by atoms with Crippen LogP contribution in [0.25, 0.3) is 0 Å². The van der Waals surface area contributed by atoms with Crippen LogP contribution in [0.2, 0.25) is 0 Å². The topological polar surface area (TPSA) is 41.5 Å². The summed E-state index contributed by atoms with van der Waals surface area (Å²) in [6.45, 7) is 0. The molecule has 0 fully saturated rings. The van der Waals surface area contributed by atoms with Crippen LogP contribution in [0.4, 0.5) is 0 Å². The first-order valence-electron chi connectivity index (χ1n) is 6.25. The van der Waals surface area contributed by atoms with Crippen LogP contribution in [-0.2, 0) is 11.2 Å². The molecule has 3 heteroatoms. The van der Waals surface area contributed by atoms with Crippen molar-refractivity contribution in [2.45, 2.75) is 12.8 Å². The molecule has 19 heavy (non-hydrogen) atoms. The summed E-state index contributed by atoms with van der Waals surface area (Å²) in [4.78, 5) is 11.6. The number of benzene rings is 2. The first-order chi connectivity index (χ1) is 9.34. The largest absolute Gasteiger partial charge is 0.273 e. The number of hydrogen-bond donors (Lipinski definition) is 1. The Hall–Kier alpha value is -2.42. The highest BCUT2D eigenvalue weighted by Gasteiger charge is 1.99. The Morgan fingerprint density at radius 1 is 1.00 bits per heavy atom. The highest BCUT2D eigenvalue weighted by atomic mass is 16.2. The number of aryl methyl sites for hydroxylation is 1. The number of hydrogen-bond acceptors (Lipinski definition) is 2. The molecule has 3 nitrogen and oxygen atoms in total. The van der Waals surface area contributed by atoms with Crippen LogP contribution in [0.3, 0.4) is 0 Å². The molecule has 0 aliphatic carbocycles. The van der Waals surface area contributed by atoms with Crippen molar-refractivity contribution in [2.24, 2.45) is 5.10 Å². The maximum Gasteiger partial charge on any atom is 0.240 e. The summed E-state index contributed by atoms with van der Waals surface area (Å²) in [5.41, 5.74) is 4.65. The first kappa shape index (κ1) is 13.0. The number of hydrazone groups is 1. The van der Waals surface area contributed by atoms with Gasteiger partial charge >= 0.3 is 0 Å². The Morgan fingerprint density at radius 2 is 1.63 bits per heavy atom. The van der Waals surface area contributed by atoms with E-state index in [0.29, 0.717) is 6.42 Å². The van der Waals surface area contributed by atoms with Crippen LogP contribution in [0, 0.1) is 0 Å². The van der Waals surface area contributed by atoms with E-state index in [9.17, 15) is 4.79 Å². The molecule has 96 valence electrons. The van der Waals surface area contributed by atoms with Crippen molar-refractivity contribution in [3.8, 4) is 0 Å². The van der Waals surface area contributed by atoms with Crippen LogP contribution in [0.15, 0.2) is 65.8 Å². The Kier molecular flexibility index (Phi) is 4.87. The summed E-state index contributed by atoms with van der Waals surface area (Å²) in [5, 5.41) is 3.93. The van der Waals surface area contributed by atoms with Gasteiger partial charge in [0.05, 0.1) is 6.21 Å². The molecule has 2 aromatic carbocycles. The Morgan fingerprint density at radius 3 is 2.32 bits per heavy atom. The van der Waals surface area contributed by atoms with Crippen molar-refractivity contribution in [1.82, 2.24) is 5.43 Å². The monoisotopic (exact) mass is 252 g/mol. The first-order valence-corrected chi connectivity index (χ1v) is 6.25. The van der Waals surface area contributed by atoms with E-state index in [4.69, 9.17) is 0 Å². The highest BCUT2D eigenvalue weighted by Crippen LogP contribution is 2.02. The van der Waals surface area contributed by atoms with Gasteiger partial charge in [0.25, 0.3) is 0 Å². The lowest BCUT2D eigenvalue weighted by Gasteiger charge is -2.00. The lowest BCUT2D eigenvalue weighted by Crippen LogP contribution is -2.17. The molecule has 0 aliphatic rings. The van der Waals surface area contributed by atoms with Gasteiger partial charge in [-0.1, -0.05) is 60.7 Å². The molecule has 0 heterocycles. The van der Waals surface area contributed by atoms with E-state index in [2.05, 4.69) is 10.5 Å². The molecule has 0 atom stereocenters. The van der Waals surface area contributed by atoms with Crippen LogP contribution < -0.4 is 5.43 Å². The van der Waals surface area contributed by atoms with Crippen molar-refractivity contribution in [1.29, 1.82) is 0 Å². The van der Waals surface area contributed by atoms with Crippen LogP contribution >= 0.6 is 0 Å². The molecule has 0 saturated carbocycles. The van der Waals surface area contributed by atoms with Crippen molar-refractivity contribution < 1.29 is 4.79 Å². The zero-order chi connectivity index (χ0) is 13.3. The maximum absolute atomic E-state index is 11.6. The fourth-order valence-electron chi connectivity index (χ4n) is 1.68. The number of carbonyl (C=O) groups excluding carboxylic acids is 1. The molecule has 1 amide bonds. The van der Waals surface area contributed by atoms with Crippen molar-refractivity contribution in [3.05, 3.63) is 71.8 Å². The van der Waals surface area contributed by atoms with Crippen LogP contribution in [0.5, 0.6) is 0 Å². The Bertz CT molecular complexity index is 535. The zero-order valence-electron chi connectivity index (χ0n) is 10.6. The van der Waals surface area contributed by atoms with Gasteiger partial charge < -0.3 is 0 Å². The maximum atomic E-state index is 11.6. The van der Waals surface area contributed by atoms with Gasteiger partial charge in [-0.2, -0.15) is 5.10 Å². The number of nitrogens with zero attached hydrogens (tertiary/aromatic N) is 1. The van der Waals surface area contributed by atoms with Crippen LogP contribution in [-0.4, -0.2) is 12.1 Å². The van der Waals surface area contributed by atoms with Gasteiger partial charge in [0.1, 0.15) is 0 Å². The van der Waals surface area contributed by atoms with E-state index >= 15 is 0 Å². The standard InChI is InChI=1S/C16H16N2O/c19-16(12-11-14-7-3-1-4-8-14)18-17-13-15-9-5-2-6-10-15/h1-10,13H,11-12H2,(H,18,19)/b17-13+. The van der Waals surface area contributed by atoms with E-state index in [1.165, 1.54) is 0 Å². The van der Waals surface area contributed by atoms with Gasteiger partial charge in [-0.05, 0) is 17.5 Å². The van der Waals surface area contributed by atoms with Crippen molar-refractivity contribution >= 4 is 12.1 Å². The van der Waals surface area contributed by atoms with E-state index in [1.807, 2.05) is 60.7 Å². The third-order valence-electron chi connectivity index (χ3n) is 2.69. The van der Waals surface area contributed by atoms with E-state index in [0.717, 1.165) is 17.5 Å². The molecular weight excluding hydrogens is 236 g/mol. The zero-order valence-corrected chi connectivity index (χ0v) is 10.6. The average molecular weight is 252 g/mol.